The van der Waals surface area contributed by atoms with Gasteiger partial charge < -0.3 is 9.30 Å². The molecule has 0 amide bonds. The van der Waals surface area contributed by atoms with Crippen molar-refractivity contribution in [3.63, 3.8) is 0 Å². The number of benzene rings is 1. The Labute approximate surface area is 130 Å². The average molecular weight is 347 g/mol. The van der Waals surface area contributed by atoms with E-state index in [9.17, 15) is 0 Å². The normalized spacial score (nSPS) is 14.8. The first kappa shape index (κ1) is 12.9. The predicted molar refractivity (Wildman–Crippen MR) is 83.2 cm³/mol. The summed E-state index contributed by atoms with van der Waals surface area (Å²) in [5.41, 5.74) is 2.06. The van der Waals surface area contributed by atoms with Crippen molar-refractivity contribution < 1.29 is 4.74 Å². The van der Waals surface area contributed by atoms with E-state index >= 15 is 0 Å². The second kappa shape index (κ2) is 4.87. The molecule has 6 heteroatoms. The minimum absolute atomic E-state index is 0.421. The number of aryl methyl sites for hydroxylation is 1. The second-order valence-corrected chi connectivity index (χ2v) is 6.29. The molecule has 1 aliphatic carbocycles. The van der Waals surface area contributed by atoms with Gasteiger partial charge in [0, 0.05) is 23.8 Å². The molecule has 0 bridgehead atoms. The highest BCUT2D eigenvalue weighted by Gasteiger charge is 2.24. The zero-order valence-corrected chi connectivity index (χ0v) is 13.2. The quantitative estimate of drug-likeness (QED) is 0.726. The zero-order chi connectivity index (χ0) is 14.4. The van der Waals surface area contributed by atoms with E-state index in [0.29, 0.717) is 18.5 Å². The fourth-order valence-corrected chi connectivity index (χ4v) is 2.77. The summed E-state index contributed by atoms with van der Waals surface area (Å²) in [6, 6.07) is 8.56. The van der Waals surface area contributed by atoms with Crippen molar-refractivity contribution >= 4 is 27.0 Å². The summed E-state index contributed by atoms with van der Waals surface area (Å²) in [5.74, 6) is 1.55. The number of aromatic nitrogens is 4. The Morgan fingerprint density at radius 1 is 1.33 bits per heavy atom. The van der Waals surface area contributed by atoms with Crippen LogP contribution in [0.2, 0.25) is 0 Å². The summed E-state index contributed by atoms with van der Waals surface area (Å²) in [6.07, 6.45) is 4.43. The van der Waals surface area contributed by atoms with Crippen molar-refractivity contribution in [1.29, 1.82) is 0 Å². The van der Waals surface area contributed by atoms with Gasteiger partial charge in [-0.1, -0.05) is 15.9 Å². The van der Waals surface area contributed by atoms with Crippen LogP contribution in [0.4, 0.5) is 0 Å². The van der Waals surface area contributed by atoms with Gasteiger partial charge in [0.1, 0.15) is 12.4 Å². The van der Waals surface area contributed by atoms with Gasteiger partial charge in [0.05, 0.1) is 17.1 Å². The number of ether oxygens (including phenoxy) is 1. The standard InChI is InChI=1S/C15H15BrN4O/c1-19-13-8-10(16)2-5-12(13)17-14(19)9-21-15-6-7-20(18-15)11-3-4-11/h2,5-8,11H,3-4,9H2,1H3. The van der Waals surface area contributed by atoms with Crippen molar-refractivity contribution in [2.24, 2.45) is 7.05 Å². The van der Waals surface area contributed by atoms with Crippen LogP contribution in [0.15, 0.2) is 34.9 Å². The van der Waals surface area contributed by atoms with Gasteiger partial charge in [0.25, 0.3) is 0 Å². The highest BCUT2D eigenvalue weighted by molar-refractivity contribution is 9.10. The van der Waals surface area contributed by atoms with Gasteiger partial charge >= 0.3 is 0 Å². The monoisotopic (exact) mass is 346 g/mol. The highest BCUT2D eigenvalue weighted by Crippen LogP contribution is 2.34. The third-order valence-electron chi connectivity index (χ3n) is 3.79. The molecule has 3 aromatic rings. The number of imidazole rings is 1. The summed E-state index contributed by atoms with van der Waals surface area (Å²) in [7, 11) is 2.00. The van der Waals surface area contributed by atoms with Crippen molar-refractivity contribution in [1.82, 2.24) is 19.3 Å². The molecule has 1 aromatic carbocycles. The topological polar surface area (TPSA) is 44.9 Å². The molecule has 0 spiro atoms. The third-order valence-corrected chi connectivity index (χ3v) is 4.28. The molecule has 2 heterocycles. The van der Waals surface area contributed by atoms with Crippen LogP contribution in [0.3, 0.4) is 0 Å². The molecule has 0 aliphatic heterocycles. The van der Waals surface area contributed by atoms with Crippen LogP contribution in [-0.4, -0.2) is 19.3 Å². The second-order valence-electron chi connectivity index (χ2n) is 5.37. The zero-order valence-electron chi connectivity index (χ0n) is 11.7. The van der Waals surface area contributed by atoms with Crippen LogP contribution in [0.5, 0.6) is 5.88 Å². The lowest BCUT2D eigenvalue weighted by Gasteiger charge is -2.03. The molecular weight excluding hydrogens is 332 g/mol. The predicted octanol–water partition coefficient (Wildman–Crippen LogP) is 3.45. The van der Waals surface area contributed by atoms with Gasteiger partial charge in [-0.05, 0) is 31.0 Å². The number of nitrogens with zero attached hydrogens (tertiary/aromatic N) is 4. The summed E-state index contributed by atoms with van der Waals surface area (Å²) >= 11 is 3.49. The van der Waals surface area contributed by atoms with Crippen molar-refractivity contribution in [3.05, 3.63) is 40.8 Å². The number of rotatable bonds is 4. The van der Waals surface area contributed by atoms with Gasteiger partial charge in [-0.2, -0.15) is 0 Å². The molecule has 0 saturated heterocycles. The molecule has 4 rings (SSSR count). The number of fused-ring (bicyclic) bond motifs is 1. The van der Waals surface area contributed by atoms with Gasteiger partial charge in [-0.25, -0.2) is 4.98 Å². The smallest absolute Gasteiger partial charge is 0.233 e. The van der Waals surface area contributed by atoms with E-state index in [1.807, 2.05) is 36.1 Å². The Kier molecular flexibility index (Phi) is 2.99. The van der Waals surface area contributed by atoms with Gasteiger partial charge in [0.2, 0.25) is 5.88 Å². The Morgan fingerprint density at radius 2 is 2.19 bits per heavy atom. The molecule has 1 fully saturated rings. The first-order valence-corrected chi connectivity index (χ1v) is 7.79. The molecule has 1 saturated carbocycles. The van der Waals surface area contributed by atoms with E-state index < -0.39 is 0 Å². The minimum atomic E-state index is 0.421. The Hall–Kier alpha value is -1.82. The van der Waals surface area contributed by atoms with Gasteiger partial charge in [0.15, 0.2) is 0 Å². The molecular formula is C15H15BrN4O. The fourth-order valence-electron chi connectivity index (χ4n) is 2.42. The first-order valence-electron chi connectivity index (χ1n) is 6.99. The summed E-state index contributed by atoms with van der Waals surface area (Å²) in [5, 5.41) is 4.43. The lowest BCUT2D eigenvalue weighted by molar-refractivity contribution is 0.277. The van der Waals surface area contributed by atoms with E-state index in [1.165, 1.54) is 12.8 Å². The Morgan fingerprint density at radius 3 is 3.00 bits per heavy atom. The van der Waals surface area contributed by atoms with Crippen LogP contribution >= 0.6 is 15.9 Å². The average Bonchev–Trinajstić information content (AvgIpc) is 3.15. The molecule has 2 aromatic heterocycles. The van der Waals surface area contributed by atoms with E-state index in [1.54, 1.807) is 0 Å². The van der Waals surface area contributed by atoms with Gasteiger partial charge in [-0.3, -0.25) is 4.68 Å². The van der Waals surface area contributed by atoms with E-state index in [0.717, 1.165) is 21.3 Å². The van der Waals surface area contributed by atoms with Crippen molar-refractivity contribution in [3.8, 4) is 5.88 Å². The largest absolute Gasteiger partial charge is 0.468 e. The highest BCUT2D eigenvalue weighted by atomic mass is 79.9. The van der Waals surface area contributed by atoms with Crippen molar-refractivity contribution in [2.75, 3.05) is 0 Å². The van der Waals surface area contributed by atoms with E-state index in [4.69, 9.17) is 4.74 Å². The number of hydrogen-bond acceptors (Lipinski definition) is 3. The molecule has 0 radical (unpaired) electrons. The molecule has 0 N–H and O–H groups in total. The molecule has 0 atom stereocenters. The van der Waals surface area contributed by atoms with Crippen LogP contribution in [-0.2, 0) is 13.7 Å². The lowest BCUT2D eigenvalue weighted by atomic mass is 10.3. The van der Waals surface area contributed by atoms with Crippen LogP contribution < -0.4 is 4.74 Å². The summed E-state index contributed by atoms with van der Waals surface area (Å²) in [4.78, 5) is 4.61. The fraction of sp³-hybridized carbons (Fsp3) is 0.333. The van der Waals surface area contributed by atoms with Crippen molar-refractivity contribution in [2.45, 2.75) is 25.5 Å². The molecule has 21 heavy (non-hydrogen) atoms. The summed E-state index contributed by atoms with van der Waals surface area (Å²) in [6.45, 7) is 0.421. The van der Waals surface area contributed by atoms with Crippen LogP contribution in [0.25, 0.3) is 11.0 Å². The number of halogens is 1. The molecule has 0 unspecified atom stereocenters. The molecule has 5 nitrogen and oxygen atoms in total. The van der Waals surface area contributed by atoms with E-state index in [-0.39, 0.29) is 0 Å². The SMILES string of the molecule is Cn1c(COc2ccn(C3CC3)n2)nc2ccc(Br)cc21. The summed E-state index contributed by atoms with van der Waals surface area (Å²) < 4.78 is 10.9. The first-order chi connectivity index (χ1) is 10.2. The maximum absolute atomic E-state index is 5.76. The Bertz CT molecular complexity index is 803. The van der Waals surface area contributed by atoms with Gasteiger partial charge in [-0.15, -0.1) is 5.10 Å². The maximum Gasteiger partial charge on any atom is 0.233 e. The molecule has 108 valence electrons. The third kappa shape index (κ3) is 2.44. The van der Waals surface area contributed by atoms with Crippen LogP contribution in [0.1, 0.15) is 24.7 Å². The molecule has 1 aliphatic rings. The maximum atomic E-state index is 5.76. The van der Waals surface area contributed by atoms with Crippen LogP contribution in [0, 0.1) is 0 Å². The number of hydrogen-bond donors (Lipinski definition) is 0. The lowest BCUT2D eigenvalue weighted by Crippen LogP contribution is -2.04. The minimum Gasteiger partial charge on any atom is -0.468 e. The Balaban J connectivity index is 1.54. The van der Waals surface area contributed by atoms with E-state index in [2.05, 4.69) is 36.6 Å².